The summed E-state index contributed by atoms with van der Waals surface area (Å²) in [7, 11) is 0. The zero-order valence-corrected chi connectivity index (χ0v) is 20.6. The number of nitrogens with zero attached hydrogens (tertiary/aromatic N) is 4. The number of allylic oxidation sites excluding steroid dienone is 1. The molecule has 3 aromatic rings. The lowest BCUT2D eigenvalue weighted by atomic mass is 9.89. The highest BCUT2D eigenvalue weighted by atomic mass is 19.4. The minimum atomic E-state index is -4.42. The summed E-state index contributed by atoms with van der Waals surface area (Å²) in [5.41, 5.74) is 2.44. The quantitative estimate of drug-likeness (QED) is 0.328. The maximum absolute atomic E-state index is 13.2. The second kappa shape index (κ2) is 11.0. The molecule has 2 heterocycles. The number of piperidine rings is 1. The van der Waals surface area contributed by atoms with Crippen molar-refractivity contribution in [2.75, 3.05) is 6.54 Å². The first-order valence-electron chi connectivity index (χ1n) is 11.8. The van der Waals surface area contributed by atoms with Crippen LogP contribution in [0.2, 0.25) is 0 Å². The van der Waals surface area contributed by atoms with Crippen LogP contribution in [-0.4, -0.2) is 38.3 Å². The Morgan fingerprint density at radius 1 is 1.14 bits per heavy atom. The first-order chi connectivity index (χ1) is 17.6. The fourth-order valence-corrected chi connectivity index (χ4v) is 4.52. The van der Waals surface area contributed by atoms with Crippen molar-refractivity contribution >= 4 is 5.97 Å². The van der Waals surface area contributed by atoms with Crippen LogP contribution in [0.5, 0.6) is 0 Å². The highest BCUT2D eigenvalue weighted by molar-refractivity contribution is 5.66. The Labute approximate surface area is 213 Å². The van der Waals surface area contributed by atoms with E-state index < -0.39 is 11.7 Å². The predicted molar refractivity (Wildman–Crippen MR) is 132 cm³/mol. The van der Waals surface area contributed by atoms with Gasteiger partial charge in [-0.15, -0.1) is 0 Å². The third-order valence-electron chi connectivity index (χ3n) is 6.20. The number of carbonyl (C=O) groups excluding carboxylic acids is 1. The molecule has 1 aliphatic rings. The van der Waals surface area contributed by atoms with Crippen molar-refractivity contribution in [3.8, 4) is 17.5 Å². The van der Waals surface area contributed by atoms with Crippen LogP contribution >= 0.6 is 0 Å². The van der Waals surface area contributed by atoms with Gasteiger partial charge in [-0.1, -0.05) is 42.7 Å². The number of rotatable bonds is 5. The van der Waals surface area contributed by atoms with Crippen molar-refractivity contribution in [2.45, 2.75) is 51.1 Å². The lowest BCUT2D eigenvalue weighted by molar-refractivity contribution is -0.150. The molecule has 1 saturated heterocycles. The van der Waals surface area contributed by atoms with Crippen LogP contribution in [0.1, 0.15) is 55.5 Å². The first-order valence-corrected chi connectivity index (χ1v) is 11.8. The maximum Gasteiger partial charge on any atom is 0.416 e. The summed E-state index contributed by atoms with van der Waals surface area (Å²) in [6.45, 7) is 7.60. The molecule has 0 bridgehead atoms. The van der Waals surface area contributed by atoms with E-state index in [1.807, 2.05) is 31.2 Å². The zero-order valence-electron chi connectivity index (χ0n) is 20.6. The second-order valence-corrected chi connectivity index (χ2v) is 9.01. The van der Waals surface area contributed by atoms with Crippen molar-refractivity contribution in [2.24, 2.45) is 0 Å². The number of halogens is 3. The maximum atomic E-state index is 13.2. The van der Waals surface area contributed by atoms with E-state index in [0.717, 1.165) is 23.4 Å². The van der Waals surface area contributed by atoms with Crippen LogP contribution < -0.4 is 0 Å². The molecule has 1 aliphatic heterocycles. The molecule has 3 atom stereocenters. The topological polar surface area (TPSA) is 60.3 Å². The number of esters is 1. The fraction of sp³-hybridized carbons (Fsp3) is 0.321. The van der Waals surface area contributed by atoms with Crippen LogP contribution in [0, 0.1) is 11.8 Å². The van der Waals surface area contributed by atoms with Gasteiger partial charge in [-0.3, -0.25) is 9.69 Å². The standard InChI is InChI=1S/C28H27F3N4O2/c1-19(2)4-13-26(21-7-11-24(12-8-21)35-18-32-17-33-35)34-15-14-25(37-20(3)36)16-27(34)22-5-9-23(10-6-22)28(29,30)31/h5-12,17-18,25-27H,1,14-16H2,2-3H3/t25-,26-,27+/m1/s1. The Morgan fingerprint density at radius 2 is 1.84 bits per heavy atom. The number of ether oxygens (including phenoxy) is 1. The first kappa shape index (κ1) is 26.2. The average Bonchev–Trinajstić information content (AvgIpc) is 3.39. The van der Waals surface area contributed by atoms with E-state index in [1.54, 1.807) is 11.0 Å². The lowest BCUT2D eigenvalue weighted by Gasteiger charge is -2.42. The SMILES string of the molecule is C=C(C)C#C[C@H](c1ccc(-n2cncn2)cc1)N1CC[C@@H](OC(C)=O)C[C@H]1c1ccc(C(F)(F)F)cc1. The Kier molecular flexibility index (Phi) is 7.79. The number of benzene rings is 2. The molecule has 192 valence electrons. The summed E-state index contributed by atoms with van der Waals surface area (Å²) < 4.78 is 46.7. The van der Waals surface area contributed by atoms with Gasteiger partial charge in [0.2, 0.25) is 0 Å². The molecular formula is C28H27F3N4O2. The van der Waals surface area contributed by atoms with Crippen molar-refractivity contribution in [3.05, 3.63) is 90.0 Å². The summed E-state index contributed by atoms with van der Waals surface area (Å²) in [5.74, 6) is 6.00. The van der Waals surface area contributed by atoms with Gasteiger partial charge in [0.15, 0.2) is 0 Å². The minimum Gasteiger partial charge on any atom is -0.462 e. The van der Waals surface area contributed by atoms with Gasteiger partial charge in [0.05, 0.1) is 17.3 Å². The highest BCUT2D eigenvalue weighted by Crippen LogP contribution is 2.40. The molecule has 0 saturated carbocycles. The van der Waals surface area contributed by atoms with E-state index in [1.165, 1.54) is 25.4 Å². The second-order valence-electron chi connectivity index (χ2n) is 9.01. The van der Waals surface area contributed by atoms with Crippen molar-refractivity contribution in [1.82, 2.24) is 19.7 Å². The highest BCUT2D eigenvalue weighted by Gasteiger charge is 2.36. The number of carbonyl (C=O) groups is 1. The molecule has 2 aromatic carbocycles. The molecule has 6 nitrogen and oxygen atoms in total. The van der Waals surface area contributed by atoms with Gasteiger partial charge < -0.3 is 4.74 Å². The Bertz CT molecular complexity index is 1290. The van der Waals surface area contributed by atoms with Crippen LogP contribution in [0.4, 0.5) is 13.2 Å². The molecule has 0 amide bonds. The number of alkyl halides is 3. The van der Waals surface area contributed by atoms with Gasteiger partial charge in [0.1, 0.15) is 18.8 Å². The van der Waals surface area contributed by atoms with Crippen LogP contribution in [0.15, 0.2) is 73.3 Å². The third kappa shape index (κ3) is 6.46. The van der Waals surface area contributed by atoms with Gasteiger partial charge in [-0.2, -0.15) is 18.3 Å². The Morgan fingerprint density at radius 3 is 2.41 bits per heavy atom. The molecule has 0 spiro atoms. The van der Waals surface area contributed by atoms with Crippen molar-refractivity contribution in [1.29, 1.82) is 0 Å². The van der Waals surface area contributed by atoms with E-state index in [9.17, 15) is 18.0 Å². The molecular weight excluding hydrogens is 481 g/mol. The van der Waals surface area contributed by atoms with E-state index in [-0.39, 0.29) is 24.2 Å². The Balaban J connectivity index is 1.72. The number of likely N-dealkylation sites (tertiary alicyclic amines) is 1. The molecule has 0 N–H and O–H groups in total. The smallest absolute Gasteiger partial charge is 0.416 e. The molecule has 9 heteroatoms. The van der Waals surface area contributed by atoms with E-state index in [0.29, 0.717) is 30.5 Å². The summed E-state index contributed by atoms with van der Waals surface area (Å²) in [4.78, 5) is 17.8. The molecule has 1 fully saturated rings. The molecule has 0 unspecified atom stereocenters. The summed E-state index contributed by atoms with van der Waals surface area (Å²) in [5, 5.41) is 4.15. The molecule has 1 aromatic heterocycles. The Hall–Kier alpha value is -3.90. The minimum absolute atomic E-state index is 0.320. The van der Waals surface area contributed by atoms with E-state index in [2.05, 4.69) is 33.4 Å². The number of aromatic nitrogens is 3. The van der Waals surface area contributed by atoms with Crippen LogP contribution in [0.3, 0.4) is 0 Å². The molecule has 37 heavy (non-hydrogen) atoms. The van der Waals surface area contributed by atoms with Gasteiger partial charge in [0.25, 0.3) is 0 Å². The third-order valence-corrected chi connectivity index (χ3v) is 6.20. The monoisotopic (exact) mass is 508 g/mol. The molecule has 4 rings (SSSR count). The van der Waals surface area contributed by atoms with Crippen LogP contribution in [0.25, 0.3) is 5.69 Å². The molecule has 0 radical (unpaired) electrons. The van der Waals surface area contributed by atoms with Gasteiger partial charge in [-0.05, 0) is 54.3 Å². The predicted octanol–water partition coefficient (Wildman–Crippen LogP) is 5.68. The van der Waals surface area contributed by atoms with Crippen LogP contribution in [-0.2, 0) is 15.7 Å². The van der Waals surface area contributed by atoms with Gasteiger partial charge >= 0.3 is 12.1 Å². The van der Waals surface area contributed by atoms with Gasteiger partial charge in [0, 0.05) is 25.9 Å². The number of hydrogen-bond donors (Lipinski definition) is 0. The largest absolute Gasteiger partial charge is 0.462 e. The zero-order chi connectivity index (χ0) is 26.6. The van der Waals surface area contributed by atoms with Crippen molar-refractivity contribution in [3.63, 3.8) is 0 Å². The van der Waals surface area contributed by atoms with Gasteiger partial charge in [-0.25, -0.2) is 9.67 Å². The lowest BCUT2D eigenvalue weighted by Crippen LogP contribution is -2.42. The average molecular weight is 509 g/mol. The fourth-order valence-electron chi connectivity index (χ4n) is 4.52. The van der Waals surface area contributed by atoms with E-state index in [4.69, 9.17) is 4.74 Å². The number of hydrogen-bond acceptors (Lipinski definition) is 5. The summed E-state index contributed by atoms with van der Waals surface area (Å²) in [6, 6.07) is 12.2. The summed E-state index contributed by atoms with van der Waals surface area (Å²) in [6.07, 6.45) is -0.686. The van der Waals surface area contributed by atoms with Crippen molar-refractivity contribution < 1.29 is 22.7 Å². The normalized spacial score (nSPS) is 18.9. The summed E-state index contributed by atoms with van der Waals surface area (Å²) >= 11 is 0. The molecule has 0 aliphatic carbocycles. The van der Waals surface area contributed by atoms with E-state index >= 15 is 0 Å².